The maximum atomic E-state index is 5.34. The second kappa shape index (κ2) is 2.84. The van der Waals surface area contributed by atoms with E-state index >= 15 is 0 Å². The van der Waals surface area contributed by atoms with Crippen molar-refractivity contribution in [3.05, 3.63) is 0 Å². The highest BCUT2D eigenvalue weighted by Gasteiger charge is 2.29. The van der Waals surface area contributed by atoms with Crippen LogP contribution in [0.2, 0.25) is 0 Å². The van der Waals surface area contributed by atoms with Crippen molar-refractivity contribution >= 4 is 5.71 Å². The number of hydrogen-bond acceptors (Lipinski definition) is 2. The van der Waals surface area contributed by atoms with Crippen molar-refractivity contribution in [2.75, 3.05) is 0 Å². The number of oxime groups is 1. The Morgan fingerprint density at radius 2 is 2.09 bits per heavy atom. The molecule has 0 amide bonds. The SMILES string of the molecule is CC1=NOC(C2CCCC2)C1. The first kappa shape index (κ1) is 7.14. The molecule has 0 spiro atoms. The van der Waals surface area contributed by atoms with E-state index in [1.54, 1.807) is 0 Å². The van der Waals surface area contributed by atoms with Gasteiger partial charge in [0.2, 0.25) is 0 Å². The van der Waals surface area contributed by atoms with Gasteiger partial charge in [0.05, 0.1) is 5.71 Å². The Labute approximate surface area is 67.6 Å². The molecule has 0 saturated heterocycles. The van der Waals surface area contributed by atoms with Crippen LogP contribution < -0.4 is 0 Å². The lowest BCUT2D eigenvalue weighted by Crippen LogP contribution is -2.17. The van der Waals surface area contributed by atoms with Gasteiger partial charge >= 0.3 is 0 Å². The van der Waals surface area contributed by atoms with Crippen molar-refractivity contribution in [1.29, 1.82) is 0 Å². The molecule has 0 aromatic heterocycles. The molecule has 1 aliphatic carbocycles. The average Bonchev–Trinajstić information content (AvgIpc) is 2.55. The van der Waals surface area contributed by atoms with Gasteiger partial charge in [0.1, 0.15) is 6.10 Å². The monoisotopic (exact) mass is 153 g/mol. The molecule has 0 bridgehead atoms. The largest absolute Gasteiger partial charge is 0.392 e. The predicted octanol–water partition coefficient (Wildman–Crippen LogP) is 2.34. The molecular formula is C9H15NO. The zero-order valence-corrected chi connectivity index (χ0v) is 7.05. The fourth-order valence-electron chi connectivity index (χ4n) is 2.11. The highest BCUT2D eigenvalue weighted by molar-refractivity contribution is 5.82. The van der Waals surface area contributed by atoms with Crippen LogP contribution in [-0.4, -0.2) is 11.8 Å². The molecule has 1 aliphatic heterocycles. The van der Waals surface area contributed by atoms with E-state index in [2.05, 4.69) is 12.1 Å². The summed E-state index contributed by atoms with van der Waals surface area (Å²) >= 11 is 0. The average molecular weight is 153 g/mol. The summed E-state index contributed by atoms with van der Waals surface area (Å²) in [5, 5.41) is 3.98. The molecule has 2 rings (SSSR count). The maximum absolute atomic E-state index is 5.34. The second-order valence-electron chi connectivity index (χ2n) is 3.72. The molecule has 0 N–H and O–H groups in total. The molecule has 2 nitrogen and oxygen atoms in total. The third kappa shape index (κ3) is 1.39. The van der Waals surface area contributed by atoms with Gasteiger partial charge < -0.3 is 4.84 Å². The van der Waals surface area contributed by atoms with Crippen molar-refractivity contribution in [2.45, 2.75) is 45.1 Å². The number of nitrogens with zero attached hydrogens (tertiary/aromatic N) is 1. The number of hydrogen-bond donors (Lipinski definition) is 0. The fraction of sp³-hybridized carbons (Fsp3) is 0.889. The summed E-state index contributed by atoms with van der Waals surface area (Å²) in [6.45, 7) is 2.05. The van der Waals surface area contributed by atoms with Gasteiger partial charge in [0, 0.05) is 6.42 Å². The molecule has 0 aromatic rings. The molecule has 0 aromatic carbocycles. The molecule has 2 heteroatoms. The van der Waals surface area contributed by atoms with E-state index in [9.17, 15) is 0 Å². The van der Waals surface area contributed by atoms with Gasteiger partial charge in [-0.05, 0) is 25.7 Å². The number of rotatable bonds is 1. The van der Waals surface area contributed by atoms with Gasteiger partial charge in [-0.2, -0.15) is 0 Å². The van der Waals surface area contributed by atoms with E-state index in [0.29, 0.717) is 6.10 Å². The van der Waals surface area contributed by atoms with Gasteiger partial charge in [-0.3, -0.25) is 0 Å². The van der Waals surface area contributed by atoms with Gasteiger partial charge in [0.25, 0.3) is 0 Å². The minimum Gasteiger partial charge on any atom is -0.392 e. The van der Waals surface area contributed by atoms with E-state index in [4.69, 9.17) is 4.84 Å². The Balaban J connectivity index is 1.88. The summed E-state index contributed by atoms with van der Waals surface area (Å²) in [5.74, 6) is 0.802. The van der Waals surface area contributed by atoms with Crippen LogP contribution in [0.3, 0.4) is 0 Å². The maximum Gasteiger partial charge on any atom is 0.135 e. The van der Waals surface area contributed by atoms with Crippen LogP contribution >= 0.6 is 0 Å². The quantitative estimate of drug-likeness (QED) is 0.566. The normalized spacial score (nSPS) is 32.1. The third-order valence-corrected chi connectivity index (χ3v) is 2.77. The summed E-state index contributed by atoms with van der Waals surface area (Å²) < 4.78 is 0. The topological polar surface area (TPSA) is 21.6 Å². The van der Waals surface area contributed by atoms with Crippen LogP contribution in [0, 0.1) is 5.92 Å². The van der Waals surface area contributed by atoms with E-state index in [1.807, 2.05) is 0 Å². The lowest BCUT2D eigenvalue weighted by atomic mass is 9.97. The van der Waals surface area contributed by atoms with Crippen molar-refractivity contribution < 1.29 is 4.84 Å². The first-order valence-corrected chi connectivity index (χ1v) is 4.55. The molecule has 62 valence electrons. The first-order chi connectivity index (χ1) is 5.36. The minimum absolute atomic E-state index is 0.428. The van der Waals surface area contributed by atoms with Crippen LogP contribution in [-0.2, 0) is 4.84 Å². The van der Waals surface area contributed by atoms with Gasteiger partial charge in [-0.1, -0.05) is 18.0 Å². The van der Waals surface area contributed by atoms with Crippen LogP contribution in [0.4, 0.5) is 0 Å². The smallest absolute Gasteiger partial charge is 0.135 e. The Bertz CT molecular complexity index is 170. The van der Waals surface area contributed by atoms with Gasteiger partial charge in [-0.25, -0.2) is 0 Å². The summed E-state index contributed by atoms with van der Waals surface area (Å²) in [4.78, 5) is 5.34. The molecule has 1 atom stereocenters. The van der Waals surface area contributed by atoms with Crippen molar-refractivity contribution in [2.24, 2.45) is 11.1 Å². The molecule has 1 unspecified atom stereocenters. The predicted molar refractivity (Wildman–Crippen MR) is 44.6 cm³/mol. The Morgan fingerprint density at radius 3 is 2.64 bits per heavy atom. The van der Waals surface area contributed by atoms with Gasteiger partial charge in [0.15, 0.2) is 0 Å². The lowest BCUT2D eigenvalue weighted by molar-refractivity contribution is 0.0425. The Morgan fingerprint density at radius 1 is 1.36 bits per heavy atom. The molecular weight excluding hydrogens is 138 g/mol. The van der Waals surface area contributed by atoms with Crippen molar-refractivity contribution in [1.82, 2.24) is 0 Å². The molecule has 0 radical (unpaired) electrons. The summed E-state index contributed by atoms with van der Waals surface area (Å²) in [6, 6.07) is 0. The highest BCUT2D eigenvalue weighted by atomic mass is 16.6. The minimum atomic E-state index is 0.428. The molecule has 11 heavy (non-hydrogen) atoms. The molecule has 1 heterocycles. The second-order valence-corrected chi connectivity index (χ2v) is 3.72. The molecule has 1 saturated carbocycles. The fourth-order valence-corrected chi connectivity index (χ4v) is 2.11. The van der Waals surface area contributed by atoms with Crippen LogP contribution in [0.15, 0.2) is 5.16 Å². The summed E-state index contributed by atoms with van der Waals surface area (Å²) in [6.07, 6.45) is 7.00. The van der Waals surface area contributed by atoms with Crippen molar-refractivity contribution in [3.63, 3.8) is 0 Å². The standard InChI is InChI=1S/C9H15NO/c1-7-6-9(11-10-7)8-4-2-3-5-8/h8-9H,2-6H2,1H3. The van der Waals surface area contributed by atoms with E-state index in [-0.39, 0.29) is 0 Å². The van der Waals surface area contributed by atoms with Crippen LogP contribution in [0.1, 0.15) is 39.0 Å². The van der Waals surface area contributed by atoms with E-state index in [0.717, 1.165) is 12.3 Å². The summed E-state index contributed by atoms with van der Waals surface area (Å²) in [7, 11) is 0. The Hall–Kier alpha value is -0.530. The van der Waals surface area contributed by atoms with E-state index < -0.39 is 0 Å². The van der Waals surface area contributed by atoms with E-state index in [1.165, 1.54) is 31.4 Å². The zero-order valence-electron chi connectivity index (χ0n) is 7.05. The molecule has 2 aliphatic rings. The van der Waals surface area contributed by atoms with Gasteiger partial charge in [-0.15, -0.1) is 0 Å². The first-order valence-electron chi connectivity index (χ1n) is 4.55. The van der Waals surface area contributed by atoms with Crippen LogP contribution in [0.5, 0.6) is 0 Å². The summed E-state index contributed by atoms with van der Waals surface area (Å²) in [5.41, 5.74) is 1.17. The highest BCUT2D eigenvalue weighted by Crippen LogP contribution is 2.32. The zero-order chi connectivity index (χ0) is 7.68. The molecule has 1 fully saturated rings. The van der Waals surface area contributed by atoms with Crippen molar-refractivity contribution in [3.8, 4) is 0 Å². The lowest BCUT2D eigenvalue weighted by Gasteiger charge is -2.14. The van der Waals surface area contributed by atoms with Crippen LogP contribution in [0.25, 0.3) is 0 Å². The Kier molecular flexibility index (Phi) is 1.84. The third-order valence-electron chi connectivity index (χ3n) is 2.77.